The molecule has 1 aliphatic carbocycles. The van der Waals surface area contributed by atoms with Crippen LogP contribution in [0.1, 0.15) is 30.0 Å². The first-order chi connectivity index (χ1) is 9.48. The number of carbonyl (C=O) groups excluding carboxylic acids is 1. The first kappa shape index (κ1) is 13.1. The summed E-state index contributed by atoms with van der Waals surface area (Å²) in [5.74, 6) is 0.139. The summed E-state index contributed by atoms with van der Waals surface area (Å²) in [5.41, 5.74) is 2.98. The van der Waals surface area contributed by atoms with Crippen molar-refractivity contribution in [1.29, 1.82) is 5.26 Å². The Morgan fingerprint density at radius 2 is 2.10 bits per heavy atom. The fourth-order valence-electron chi connectivity index (χ4n) is 3.35. The third-order valence-corrected chi connectivity index (χ3v) is 4.55. The van der Waals surface area contributed by atoms with Gasteiger partial charge in [0, 0.05) is 12.7 Å². The van der Waals surface area contributed by atoms with E-state index in [2.05, 4.69) is 23.1 Å². The molecule has 4 heteroatoms. The zero-order valence-electron chi connectivity index (χ0n) is 12.2. The molecule has 2 aliphatic rings. The predicted molar refractivity (Wildman–Crippen MR) is 77.3 cm³/mol. The van der Waals surface area contributed by atoms with Gasteiger partial charge in [-0.25, -0.2) is 0 Å². The van der Waals surface area contributed by atoms with E-state index in [9.17, 15) is 10.1 Å². The number of amides is 1. The van der Waals surface area contributed by atoms with E-state index in [1.807, 2.05) is 27.2 Å². The van der Waals surface area contributed by atoms with Crippen molar-refractivity contribution >= 4 is 11.6 Å². The molecule has 0 N–H and O–H groups in total. The zero-order valence-corrected chi connectivity index (χ0v) is 12.2. The number of fused-ring (bicyclic) bond motifs is 1. The van der Waals surface area contributed by atoms with E-state index in [1.165, 1.54) is 0 Å². The van der Waals surface area contributed by atoms with Crippen LogP contribution in [0.5, 0.6) is 0 Å². The number of carbonyl (C=O) groups is 1. The highest BCUT2D eigenvalue weighted by molar-refractivity contribution is 6.00. The van der Waals surface area contributed by atoms with Crippen LogP contribution in [0.3, 0.4) is 0 Å². The summed E-state index contributed by atoms with van der Waals surface area (Å²) in [5, 5.41) is 9.48. The van der Waals surface area contributed by atoms with Crippen molar-refractivity contribution in [2.45, 2.75) is 25.3 Å². The van der Waals surface area contributed by atoms with Gasteiger partial charge in [0.15, 0.2) is 0 Å². The van der Waals surface area contributed by atoms with Gasteiger partial charge in [-0.2, -0.15) is 5.26 Å². The molecule has 3 rings (SSSR count). The molecule has 104 valence electrons. The van der Waals surface area contributed by atoms with Crippen LogP contribution in [-0.4, -0.2) is 32.0 Å². The molecular weight excluding hydrogens is 250 g/mol. The molecule has 0 saturated heterocycles. The quantitative estimate of drug-likeness (QED) is 0.844. The van der Waals surface area contributed by atoms with E-state index in [-0.39, 0.29) is 17.4 Å². The Labute approximate surface area is 119 Å². The van der Waals surface area contributed by atoms with Crippen LogP contribution in [-0.2, 0) is 11.2 Å². The fraction of sp³-hybridized carbons (Fsp3) is 0.500. The Morgan fingerprint density at radius 1 is 1.40 bits per heavy atom. The van der Waals surface area contributed by atoms with E-state index in [4.69, 9.17) is 0 Å². The van der Waals surface area contributed by atoms with Crippen molar-refractivity contribution < 1.29 is 4.79 Å². The Hall–Kier alpha value is -1.86. The van der Waals surface area contributed by atoms with Crippen molar-refractivity contribution in [2.24, 2.45) is 5.41 Å². The smallest absolute Gasteiger partial charge is 0.231 e. The Balaban J connectivity index is 2.01. The van der Waals surface area contributed by atoms with Gasteiger partial charge in [0.25, 0.3) is 0 Å². The van der Waals surface area contributed by atoms with E-state index in [0.29, 0.717) is 6.42 Å². The summed E-state index contributed by atoms with van der Waals surface area (Å²) in [6.07, 6.45) is 2.39. The summed E-state index contributed by atoms with van der Waals surface area (Å²) >= 11 is 0. The minimum atomic E-state index is -0.244. The maximum absolute atomic E-state index is 11.8. The molecule has 1 aliphatic heterocycles. The standard InChI is InChI=1S/C16H19N3O/c1-18(2)15(16(10-17)6-7-16)11-4-5-13-12(8-11)9-14(20)19(13)3/h4-5,8,15H,6-7,9H2,1-3H3. The maximum atomic E-state index is 11.8. The number of hydrogen-bond donors (Lipinski definition) is 0. The Kier molecular flexibility index (Phi) is 2.84. The van der Waals surface area contributed by atoms with Gasteiger partial charge < -0.3 is 9.80 Å². The van der Waals surface area contributed by atoms with Gasteiger partial charge in [-0.05, 0) is 44.1 Å². The van der Waals surface area contributed by atoms with E-state index in [0.717, 1.165) is 29.7 Å². The minimum absolute atomic E-state index is 0.110. The Bertz CT molecular complexity index is 611. The highest BCUT2D eigenvalue weighted by atomic mass is 16.2. The summed E-state index contributed by atoms with van der Waals surface area (Å²) < 4.78 is 0. The topological polar surface area (TPSA) is 47.3 Å². The molecule has 0 spiro atoms. The second-order valence-corrected chi connectivity index (χ2v) is 6.15. The molecule has 1 saturated carbocycles. The lowest BCUT2D eigenvalue weighted by Crippen LogP contribution is -2.28. The molecule has 20 heavy (non-hydrogen) atoms. The van der Waals surface area contributed by atoms with E-state index >= 15 is 0 Å². The van der Waals surface area contributed by atoms with Crippen LogP contribution in [0.25, 0.3) is 0 Å². The molecule has 1 heterocycles. The van der Waals surface area contributed by atoms with Gasteiger partial charge in [-0.3, -0.25) is 4.79 Å². The van der Waals surface area contributed by atoms with E-state index in [1.54, 1.807) is 4.90 Å². The van der Waals surface area contributed by atoms with Gasteiger partial charge in [-0.1, -0.05) is 12.1 Å². The van der Waals surface area contributed by atoms with Gasteiger partial charge in [0.05, 0.1) is 23.9 Å². The first-order valence-corrected chi connectivity index (χ1v) is 6.95. The lowest BCUT2D eigenvalue weighted by molar-refractivity contribution is -0.117. The molecule has 1 unspecified atom stereocenters. The van der Waals surface area contributed by atoms with Crippen molar-refractivity contribution in [3.63, 3.8) is 0 Å². The zero-order chi connectivity index (χ0) is 14.5. The normalized spacial score (nSPS) is 20.8. The number of anilines is 1. The van der Waals surface area contributed by atoms with Gasteiger partial charge in [0.1, 0.15) is 0 Å². The lowest BCUT2D eigenvalue weighted by atomic mass is 9.89. The number of hydrogen-bond acceptors (Lipinski definition) is 3. The SMILES string of the molecule is CN1C(=O)Cc2cc(C(N(C)C)C3(C#N)CC3)ccc21. The largest absolute Gasteiger partial charge is 0.315 e. The third-order valence-electron chi connectivity index (χ3n) is 4.55. The fourth-order valence-corrected chi connectivity index (χ4v) is 3.35. The van der Waals surface area contributed by atoms with Crippen LogP contribution >= 0.6 is 0 Å². The van der Waals surface area contributed by atoms with Crippen LogP contribution in [0, 0.1) is 16.7 Å². The number of benzene rings is 1. The van der Waals surface area contributed by atoms with Gasteiger partial charge >= 0.3 is 0 Å². The van der Waals surface area contributed by atoms with Crippen LogP contribution in [0.2, 0.25) is 0 Å². The molecule has 1 aromatic rings. The number of likely N-dealkylation sites (N-methyl/N-ethyl adjacent to an activating group) is 1. The molecule has 1 atom stereocenters. The number of rotatable bonds is 3. The second kappa shape index (κ2) is 4.32. The first-order valence-electron chi connectivity index (χ1n) is 6.95. The summed E-state index contributed by atoms with van der Waals surface area (Å²) in [6, 6.07) is 8.80. The van der Waals surface area contributed by atoms with Crippen molar-refractivity contribution in [2.75, 3.05) is 26.0 Å². The van der Waals surface area contributed by atoms with E-state index < -0.39 is 0 Å². The van der Waals surface area contributed by atoms with Crippen molar-refractivity contribution in [3.05, 3.63) is 29.3 Å². The maximum Gasteiger partial charge on any atom is 0.231 e. The van der Waals surface area contributed by atoms with Gasteiger partial charge in [0.2, 0.25) is 5.91 Å². The van der Waals surface area contributed by atoms with Crippen LogP contribution in [0.4, 0.5) is 5.69 Å². The monoisotopic (exact) mass is 269 g/mol. The van der Waals surface area contributed by atoms with Crippen LogP contribution < -0.4 is 4.90 Å². The van der Waals surface area contributed by atoms with Crippen LogP contribution in [0.15, 0.2) is 18.2 Å². The molecule has 0 bridgehead atoms. The molecule has 1 amide bonds. The average Bonchev–Trinajstić information content (AvgIpc) is 3.13. The lowest BCUT2D eigenvalue weighted by Gasteiger charge is -2.29. The van der Waals surface area contributed by atoms with Gasteiger partial charge in [-0.15, -0.1) is 0 Å². The number of nitrogens with zero attached hydrogens (tertiary/aromatic N) is 3. The summed E-state index contributed by atoms with van der Waals surface area (Å²) in [6.45, 7) is 0. The molecule has 1 aromatic carbocycles. The minimum Gasteiger partial charge on any atom is -0.315 e. The van der Waals surface area contributed by atoms with Crippen molar-refractivity contribution in [3.8, 4) is 6.07 Å². The molecule has 4 nitrogen and oxygen atoms in total. The highest BCUT2D eigenvalue weighted by Gasteiger charge is 2.51. The van der Waals surface area contributed by atoms with Crippen molar-refractivity contribution in [1.82, 2.24) is 4.90 Å². The highest BCUT2D eigenvalue weighted by Crippen LogP contribution is 2.56. The summed E-state index contributed by atoms with van der Waals surface area (Å²) in [4.78, 5) is 15.6. The average molecular weight is 269 g/mol. The molecular formula is C16H19N3O. The second-order valence-electron chi connectivity index (χ2n) is 6.15. The summed E-state index contributed by atoms with van der Waals surface area (Å²) in [7, 11) is 5.86. The molecule has 0 radical (unpaired) electrons. The Morgan fingerprint density at radius 3 is 2.65 bits per heavy atom. The number of nitriles is 1. The molecule has 1 fully saturated rings. The molecule has 0 aromatic heterocycles. The predicted octanol–water partition coefficient (Wildman–Crippen LogP) is 2.11. The third kappa shape index (κ3) is 1.82.